The van der Waals surface area contributed by atoms with Crippen LogP contribution in [-0.4, -0.2) is 54.5 Å². The van der Waals surface area contributed by atoms with E-state index in [2.05, 4.69) is 33.4 Å². The van der Waals surface area contributed by atoms with E-state index in [-0.39, 0.29) is 0 Å². The lowest BCUT2D eigenvalue weighted by Crippen LogP contribution is -2.53. The fourth-order valence-corrected chi connectivity index (χ4v) is 6.08. The Morgan fingerprint density at radius 3 is 1.70 bits per heavy atom. The first kappa shape index (κ1) is 22.5. The van der Waals surface area contributed by atoms with Gasteiger partial charge in [-0.2, -0.15) is 0 Å². The molecule has 7 heteroatoms. The number of pyridine rings is 1. The van der Waals surface area contributed by atoms with E-state index < -0.39 is 0 Å². The Kier molecular flexibility index (Phi) is 8.84. The minimum absolute atomic E-state index is 0.537. The molecule has 2 bridgehead atoms. The zero-order valence-electron chi connectivity index (χ0n) is 18.3. The van der Waals surface area contributed by atoms with Gasteiger partial charge in [0.1, 0.15) is 0 Å². The number of hydrogen-bond acceptors (Lipinski definition) is 7. The molecule has 1 aromatic rings. The first-order valence-electron chi connectivity index (χ1n) is 12.1. The third-order valence-corrected chi connectivity index (χ3v) is 7.86. The molecule has 30 heavy (non-hydrogen) atoms. The fourth-order valence-electron chi connectivity index (χ4n) is 5.29. The van der Waals surface area contributed by atoms with E-state index in [0.717, 1.165) is 43.3 Å². The van der Waals surface area contributed by atoms with Crippen LogP contribution < -0.4 is 27.0 Å². The molecule has 2 aliphatic carbocycles. The maximum atomic E-state index is 5.76. The van der Waals surface area contributed by atoms with E-state index in [1.165, 1.54) is 56.3 Å². The molecule has 168 valence electrons. The standard InChI is InChI=1S/C23H40N6S/c24-9-12-30-19-13-17-15-27-22-7-3-1-5-20(22)25-10-11-26-21-6-2-4-8-23(21)28-16-18(14-19)29-17/h13-14,20-23,25-28H,1-12,15-16,24H2/t20-,21?,22-,23-/m1/s1. The fraction of sp³-hybridized carbons (Fsp3) is 0.783. The summed E-state index contributed by atoms with van der Waals surface area (Å²) in [5.41, 5.74) is 8.07. The summed E-state index contributed by atoms with van der Waals surface area (Å²) in [4.78, 5) is 6.31. The van der Waals surface area contributed by atoms with Crippen LogP contribution in [0.4, 0.5) is 0 Å². The Bertz CT molecular complexity index is 608. The lowest BCUT2D eigenvalue weighted by molar-refractivity contribution is 0.266. The third kappa shape index (κ3) is 6.40. The molecule has 4 rings (SSSR count). The second kappa shape index (κ2) is 11.8. The van der Waals surface area contributed by atoms with Crippen molar-refractivity contribution in [1.82, 2.24) is 26.3 Å². The zero-order chi connectivity index (χ0) is 20.6. The van der Waals surface area contributed by atoms with E-state index in [4.69, 9.17) is 10.7 Å². The molecule has 3 aliphatic rings. The molecule has 1 aromatic heterocycles. The highest BCUT2D eigenvalue weighted by molar-refractivity contribution is 7.99. The minimum atomic E-state index is 0.537. The van der Waals surface area contributed by atoms with E-state index >= 15 is 0 Å². The monoisotopic (exact) mass is 432 g/mol. The van der Waals surface area contributed by atoms with E-state index in [1.54, 1.807) is 0 Å². The highest BCUT2D eigenvalue weighted by atomic mass is 32.2. The number of nitrogens with two attached hydrogens (primary N) is 1. The van der Waals surface area contributed by atoms with Crippen molar-refractivity contribution in [3.8, 4) is 0 Å². The average molecular weight is 433 g/mol. The molecule has 0 aromatic carbocycles. The van der Waals surface area contributed by atoms with Gasteiger partial charge in [-0.1, -0.05) is 25.7 Å². The van der Waals surface area contributed by atoms with Crippen molar-refractivity contribution in [2.75, 3.05) is 25.4 Å². The van der Waals surface area contributed by atoms with Gasteiger partial charge in [-0.25, -0.2) is 0 Å². The van der Waals surface area contributed by atoms with Crippen LogP contribution in [0.2, 0.25) is 0 Å². The van der Waals surface area contributed by atoms with Gasteiger partial charge in [-0.05, 0) is 37.8 Å². The van der Waals surface area contributed by atoms with Crippen molar-refractivity contribution < 1.29 is 0 Å². The largest absolute Gasteiger partial charge is 0.330 e. The Morgan fingerprint density at radius 2 is 1.23 bits per heavy atom. The Hall–Kier alpha value is -0.700. The van der Waals surface area contributed by atoms with Crippen LogP contribution in [0.3, 0.4) is 0 Å². The summed E-state index contributed by atoms with van der Waals surface area (Å²) in [7, 11) is 0. The number of hydrogen-bond donors (Lipinski definition) is 5. The molecule has 6 nitrogen and oxygen atoms in total. The van der Waals surface area contributed by atoms with Gasteiger partial charge >= 0.3 is 0 Å². The summed E-state index contributed by atoms with van der Waals surface area (Å²) in [5, 5.41) is 15.4. The Labute approximate surface area is 186 Å². The molecule has 1 aliphatic heterocycles. The lowest BCUT2D eigenvalue weighted by atomic mass is 9.89. The molecule has 6 N–H and O–H groups in total. The topological polar surface area (TPSA) is 87.0 Å². The van der Waals surface area contributed by atoms with Crippen molar-refractivity contribution >= 4 is 11.8 Å². The highest BCUT2D eigenvalue weighted by Gasteiger charge is 2.26. The van der Waals surface area contributed by atoms with Crippen LogP contribution in [0.15, 0.2) is 17.0 Å². The Balaban J connectivity index is 1.52. The van der Waals surface area contributed by atoms with Gasteiger partial charge in [-0.15, -0.1) is 11.8 Å². The summed E-state index contributed by atoms with van der Waals surface area (Å²) in [5.74, 6) is 0.951. The normalized spacial score (nSPS) is 31.1. The molecular formula is C23H40N6S. The lowest BCUT2D eigenvalue weighted by Gasteiger charge is -2.34. The van der Waals surface area contributed by atoms with Crippen LogP contribution in [0, 0.1) is 0 Å². The number of aromatic nitrogens is 1. The quantitative estimate of drug-likeness (QED) is 0.468. The SMILES string of the molecule is NCCSc1cc2nc(c1)CN[C@@H]1CCCC[C@H]1NCCNC1CCCC[C@H]1NC2. The Morgan fingerprint density at radius 1 is 0.767 bits per heavy atom. The molecule has 0 amide bonds. The van der Waals surface area contributed by atoms with Gasteiger partial charge in [0.15, 0.2) is 0 Å². The number of nitrogens with one attached hydrogen (secondary N) is 4. The second-order valence-corrected chi connectivity index (χ2v) is 10.3. The van der Waals surface area contributed by atoms with Crippen molar-refractivity contribution in [3.63, 3.8) is 0 Å². The number of fused-ring (bicyclic) bond motifs is 4. The summed E-state index contributed by atoms with van der Waals surface area (Å²) >= 11 is 1.85. The zero-order valence-corrected chi connectivity index (χ0v) is 19.1. The molecule has 0 spiro atoms. The van der Waals surface area contributed by atoms with E-state index in [9.17, 15) is 0 Å². The van der Waals surface area contributed by atoms with Crippen LogP contribution in [-0.2, 0) is 13.1 Å². The third-order valence-electron chi connectivity index (χ3n) is 6.85. The van der Waals surface area contributed by atoms with Gasteiger partial charge in [0, 0.05) is 67.5 Å². The summed E-state index contributed by atoms with van der Waals surface area (Å²) in [6.07, 6.45) is 10.4. The minimum Gasteiger partial charge on any atom is -0.330 e. The maximum Gasteiger partial charge on any atom is 0.0556 e. The van der Waals surface area contributed by atoms with Crippen LogP contribution in [0.1, 0.15) is 62.8 Å². The number of rotatable bonds is 3. The molecule has 2 heterocycles. The van der Waals surface area contributed by atoms with Gasteiger partial charge in [0.2, 0.25) is 0 Å². The molecular weight excluding hydrogens is 392 g/mol. The van der Waals surface area contributed by atoms with E-state index in [1.807, 2.05) is 11.8 Å². The number of thioether (sulfide) groups is 1. The highest BCUT2D eigenvalue weighted by Crippen LogP contribution is 2.23. The molecule has 2 saturated carbocycles. The predicted octanol–water partition coefficient (Wildman–Crippen LogP) is 2.13. The van der Waals surface area contributed by atoms with Gasteiger partial charge in [0.05, 0.1) is 11.4 Å². The summed E-state index contributed by atoms with van der Waals surface area (Å²) in [6, 6.07) is 6.72. The van der Waals surface area contributed by atoms with E-state index in [0.29, 0.717) is 30.7 Å². The van der Waals surface area contributed by atoms with Crippen LogP contribution >= 0.6 is 11.8 Å². The molecule has 4 atom stereocenters. The van der Waals surface area contributed by atoms with Gasteiger partial charge in [-0.3, -0.25) is 4.98 Å². The summed E-state index contributed by atoms with van der Waals surface area (Å²) in [6.45, 7) is 4.50. The average Bonchev–Trinajstić information content (AvgIpc) is 2.79. The first-order chi connectivity index (χ1) is 14.8. The molecule has 1 unspecified atom stereocenters. The smallest absolute Gasteiger partial charge is 0.0556 e. The number of nitrogens with zero attached hydrogens (tertiary/aromatic N) is 1. The predicted molar refractivity (Wildman–Crippen MR) is 126 cm³/mol. The molecule has 0 saturated heterocycles. The van der Waals surface area contributed by atoms with Crippen molar-refractivity contribution in [2.45, 2.75) is 93.5 Å². The van der Waals surface area contributed by atoms with Crippen molar-refractivity contribution in [3.05, 3.63) is 23.5 Å². The second-order valence-electron chi connectivity index (χ2n) is 9.09. The van der Waals surface area contributed by atoms with Gasteiger partial charge < -0.3 is 27.0 Å². The summed E-state index contributed by atoms with van der Waals surface area (Å²) < 4.78 is 0. The maximum absolute atomic E-state index is 5.76. The molecule has 2 fully saturated rings. The molecule has 0 radical (unpaired) electrons. The first-order valence-corrected chi connectivity index (χ1v) is 13.1. The van der Waals surface area contributed by atoms with Gasteiger partial charge in [0.25, 0.3) is 0 Å². The van der Waals surface area contributed by atoms with Crippen molar-refractivity contribution in [1.29, 1.82) is 0 Å². The van der Waals surface area contributed by atoms with Crippen molar-refractivity contribution in [2.24, 2.45) is 5.73 Å². The van der Waals surface area contributed by atoms with Crippen LogP contribution in [0.25, 0.3) is 0 Å². The van der Waals surface area contributed by atoms with Crippen LogP contribution in [0.5, 0.6) is 0 Å².